The predicted molar refractivity (Wildman–Crippen MR) is 105 cm³/mol. The number of hydrogen-bond acceptors (Lipinski definition) is 3. The van der Waals surface area contributed by atoms with Gasteiger partial charge in [0.1, 0.15) is 5.75 Å². The molecule has 1 heterocycles. The van der Waals surface area contributed by atoms with E-state index in [0.29, 0.717) is 23.6 Å². The van der Waals surface area contributed by atoms with Crippen LogP contribution in [-0.4, -0.2) is 24.1 Å². The molecule has 9 heteroatoms. The Balaban J connectivity index is 0.00000312. The van der Waals surface area contributed by atoms with Crippen LogP contribution < -0.4 is 15.8 Å². The third-order valence-electron chi connectivity index (χ3n) is 3.07. The Morgan fingerprint density at radius 1 is 1.32 bits per heavy atom. The lowest BCUT2D eigenvalue weighted by atomic mass is 10.2. The van der Waals surface area contributed by atoms with Crippen molar-refractivity contribution in [2.24, 2.45) is 10.7 Å². The largest absolute Gasteiger partial charge is 0.434 e. The molecule has 1 aromatic heterocycles. The molecule has 0 unspecified atom stereocenters. The van der Waals surface area contributed by atoms with Gasteiger partial charge in [0.2, 0.25) is 0 Å². The quantitative estimate of drug-likeness (QED) is 0.359. The van der Waals surface area contributed by atoms with Gasteiger partial charge in [-0.2, -0.15) is 8.78 Å². The lowest BCUT2D eigenvalue weighted by Gasteiger charge is -2.10. The van der Waals surface area contributed by atoms with E-state index in [1.54, 1.807) is 6.20 Å². The first-order chi connectivity index (χ1) is 11.5. The van der Waals surface area contributed by atoms with Gasteiger partial charge in [0, 0.05) is 35.4 Å². The van der Waals surface area contributed by atoms with E-state index in [1.165, 1.54) is 18.2 Å². The lowest BCUT2D eigenvalue weighted by molar-refractivity contribution is -0.0504. The molecule has 25 heavy (non-hydrogen) atoms. The summed E-state index contributed by atoms with van der Waals surface area (Å²) >= 11 is 5.87. The van der Waals surface area contributed by atoms with Crippen molar-refractivity contribution in [3.8, 4) is 5.75 Å². The van der Waals surface area contributed by atoms with Gasteiger partial charge in [-0.1, -0.05) is 17.7 Å². The van der Waals surface area contributed by atoms with Crippen LogP contribution >= 0.6 is 35.6 Å². The van der Waals surface area contributed by atoms with Crippen LogP contribution in [0, 0.1) is 0 Å². The fourth-order valence-electron chi connectivity index (χ4n) is 1.97. The maximum Gasteiger partial charge on any atom is 0.387 e. The first-order valence-electron chi connectivity index (χ1n) is 7.21. The van der Waals surface area contributed by atoms with Crippen molar-refractivity contribution in [1.29, 1.82) is 0 Å². The van der Waals surface area contributed by atoms with Crippen molar-refractivity contribution in [3.63, 3.8) is 0 Å². The predicted octanol–water partition coefficient (Wildman–Crippen LogP) is 3.60. The average Bonchev–Trinajstić information content (AvgIpc) is 2.55. The van der Waals surface area contributed by atoms with E-state index in [9.17, 15) is 8.78 Å². The van der Waals surface area contributed by atoms with Crippen molar-refractivity contribution >= 4 is 41.5 Å². The molecular formula is C16H18ClF2IN4O. The molecule has 1 aromatic carbocycles. The van der Waals surface area contributed by atoms with Gasteiger partial charge < -0.3 is 15.8 Å². The molecule has 3 N–H and O–H groups in total. The summed E-state index contributed by atoms with van der Waals surface area (Å²) in [6.45, 7) is -2.28. The highest BCUT2D eigenvalue weighted by atomic mass is 127. The number of hydrogen-bond donors (Lipinski definition) is 2. The number of aromatic nitrogens is 1. The fraction of sp³-hybridized carbons (Fsp3) is 0.250. The maximum absolute atomic E-state index is 12.4. The van der Waals surface area contributed by atoms with Gasteiger partial charge in [0.05, 0.1) is 6.54 Å². The van der Waals surface area contributed by atoms with Crippen LogP contribution in [0.1, 0.15) is 11.3 Å². The Bertz CT molecular complexity index is 689. The second-order valence-corrected chi connectivity index (χ2v) is 5.27. The summed E-state index contributed by atoms with van der Waals surface area (Å²) < 4.78 is 29.2. The fourth-order valence-corrected chi connectivity index (χ4v) is 2.17. The Labute approximate surface area is 166 Å². The second kappa shape index (κ2) is 11.0. The monoisotopic (exact) mass is 482 g/mol. The van der Waals surface area contributed by atoms with Crippen LogP contribution in [0.2, 0.25) is 5.02 Å². The van der Waals surface area contributed by atoms with Crippen LogP contribution in [0.3, 0.4) is 0 Å². The number of nitrogens with two attached hydrogens (primary N) is 1. The van der Waals surface area contributed by atoms with Crippen LogP contribution in [0.5, 0.6) is 5.75 Å². The highest BCUT2D eigenvalue weighted by molar-refractivity contribution is 14.0. The number of pyridine rings is 1. The van der Waals surface area contributed by atoms with Crippen molar-refractivity contribution in [1.82, 2.24) is 10.3 Å². The van der Waals surface area contributed by atoms with Crippen LogP contribution in [0.25, 0.3) is 0 Å². The number of nitrogens with zero attached hydrogens (tertiary/aromatic N) is 2. The number of nitrogens with one attached hydrogen (secondary N) is 1. The standard InChI is InChI=1S/C16H17ClF2N4O.HI/c17-12-4-5-14(24-15(18)19)11(9-12)10-23-16(20)22-8-6-13-3-1-2-7-21-13;/h1-5,7,9,15H,6,8,10H2,(H3,20,22,23);1H. The van der Waals surface area contributed by atoms with E-state index >= 15 is 0 Å². The third-order valence-corrected chi connectivity index (χ3v) is 3.31. The molecule has 0 spiro atoms. The zero-order valence-corrected chi connectivity index (χ0v) is 16.2. The van der Waals surface area contributed by atoms with E-state index in [4.69, 9.17) is 17.3 Å². The van der Waals surface area contributed by atoms with Gasteiger partial charge in [-0.15, -0.1) is 24.0 Å². The summed E-state index contributed by atoms with van der Waals surface area (Å²) in [7, 11) is 0. The molecule has 0 radical (unpaired) electrons. The Morgan fingerprint density at radius 3 is 2.80 bits per heavy atom. The van der Waals surface area contributed by atoms with E-state index in [0.717, 1.165) is 5.69 Å². The maximum atomic E-state index is 12.4. The minimum atomic E-state index is -2.91. The second-order valence-electron chi connectivity index (χ2n) is 4.83. The first kappa shape index (κ1) is 21.4. The van der Waals surface area contributed by atoms with Crippen molar-refractivity contribution in [2.75, 3.05) is 6.54 Å². The Kier molecular flexibility index (Phi) is 9.43. The molecule has 2 rings (SSSR count). The molecule has 5 nitrogen and oxygen atoms in total. The molecule has 0 saturated heterocycles. The van der Waals surface area contributed by atoms with E-state index in [1.807, 2.05) is 18.2 Å². The average molecular weight is 483 g/mol. The molecule has 0 fully saturated rings. The summed E-state index contributed by atoms with van der Waals surface area (Å²) in [4.78, 5) is 8.31. The molecule has 0 bridgehead atoms. The lowest BCUT2D eigenvalue weighted by Crippen LogP contribution is -2.33. The number of halogens is 4. The first-order valence-corrected chi connectivity index (χ1v) is 7.59. The normalized spacial score (nSPS) is 11.1. The smallest absolute Gasteiger partial charge is 0.387 e. The zero-order chi connectivity index (χ0) is 17.4. The van der Waals surface area contributed by atoms with Gasteiger partial charge >= 0.3 is 6.61 Å². The molecule has 0 saturated carbocycles. The number of benzene rings is 1. The van der Waals surface area contributed by atoms with Gasteiger partial charge in [-0.05, 0) is 30.3 Å². The highest BCUT2D eigenvalue weighted by Gasteiger charge is 2.10. The number of rotatable bonds is 7. The molecule has 0 atom stereocenters. The molecule has 0 aliphatic carbocycles. The Hall–Kier alpha value is -1.68. The van der Waals surface area contributed by atoms with E-state index in [-0.39, 0.29) is 42.2 Å². The van der Waals surface area contributed by atoms with Crippen molar-refractivity contribution in [3.05, 3.63) is 58.9 Å². The van der Waals surface area contributed by atoms with Gasteiger partial charge in [-0.3, -0.25) is 4.98 Å². The minimum Gasteiger partial charge on any atom is -0.434 e. The summed E-state index contributed by atoms with van der Waals surface area (Å²) in [6.07, 6.45) is 2.41. The molecule has 0 aliphatic rings. The minimum absolute atomic E-state index is 0. The number of alkyl halides is 2. The van der Waals surface area contributed by atoms with Gasteiger partial charge in [0.15, 0.2) is 5.96 Å². The SMILES string of the molecule is I.NC(=NCc1cc(Cl)ccc1OC(F)F)NCCc1ccccn1. The summed E-state index contributed by atoms with van der Waals surface area (Å²) in [6, 6.07) is 10.0. The Morgan fingerprint density at radius 2 is 2.12 bits per heavy atom. The molecule has 2 aromatic rings. The van der Waals surface area contributed by atoms with Crippen LogP contribution in [-0.2, 0) is 13.0 Å². The summed E-state index contributed by atoms with van der Waals surface area (Å²) in [5.41, 5.74) is 7.13. The van der Waals surface area contributed by atoms with E-state index < -0.39 is 6.61 Å². The summed E-state index contributed by atoms with van der Waals surface area (Å²) in [5.74, 6) is 0.230. The van der Waals surface area contributed by atoms with Crippen molar-refractivity contribution < 1.29 is 13.5 Å². The number of aliphatic imine (C=N–C) groups is 1. The topological polar surface area (TPSA) is 72.5 Å². The van der Waals surface area contributed by atoms with E-state index in [2.05, 4.69) is 20.0 Å². The van der Waals surface area contributed by atoms with Crippen LogP contribution in [0.15, 0.2) is 47.6 Å². The molecule has 0 amide bonds. The van der Waals surface area contributed by atoms with Gasteiger partial charge in [-0.25, -0.2) is 4.99 Å². The summed E-state index contributed by atoms with van der Waals surface area (Å²) in [5, 5.41) is 3.35. The van der Waals surface area contributed by atoms with Crippen molar-refractivity contribution in [2.45, 2.75) is 19.6 Å². The molecule has 0 aliphatic heterocycles. The number of ether oxygens (including phenoxy) is 1. The molecular weight excluding hydrogens is 465 g/mol. The zero-order valence-electron chi connectivity index (χ0n) is 13.2. The van der Waals surface area contributed by atoms with Crippen LogP contribution in [0.4, 0.5) is 8.78 Å². The van der Waals surface area contributed by atoms with Gasteiger partial charge in [0.25, 0.3) is 0 Å². The third kappa shape index (κ3) is 7.82. The molecule has 136 valence electrons. The highest BCUT2D eigenvalue weighted by Crippen LogP contribution is 2.25. The number of guanidine groups is 1.